The molecule has 1 aliphatic heterocycles. The third kappa shape index (κ3) is 4.06. The van der Waals surface area contributed by atoms with Crippen LogP contribution in [0.15, 0.2) is 24.3 Å². The molecule has 1 heterocycles. The van der Waals surface area contributed by atoms with Gasteiger partial charge in [-0.1, -0.05) is 0 Å². The van der Waals surface area contributed by atoms with E-state index in [4.69, 9.17) is 0 Å². The van der Waals surface area contributed by atoms with Gasteiger partial charge in [-0.3, -0.25) is 4.72 Å². The Morgan fingerprint density at radius 2 is 1.63 bits per heavy atom. The number of hydrogen-bond acceptors (Lipinski definition) is 4. The van der Waals surface area contributed by atoms with E-state index in [2.05, 4.69) is 27.3 Å². The Bertz CT molecular complexity index is 638. The lowest BCUT2D eigenvalue weighted by atomic mass is 10.2. The van der Waals surface area contributed by atoms with Crippen LogP contribution in [0, 0.1) is 3.57 Å². The second-order valence-corrected chi connectivity index (χ2v) is 10.0. The lowest BCUT2D eigenvalue weighted by Gasteiger charge is -2.22. The SMILES string of the molecule is O=S1(=O)CCC(S(=O)(=O)Nc2ccc(I)cc2)CC1. The summed E-state index contributed by atoms with van der Waals surface area (Å²) in [7, 11) is -6.56. The molecule has 5 nitrogen and oxygen atoms in total. The molecule has 0 saturated carbocycles. The number of rotatable bonds is 3. The van der Waals surface area contributed by atoms with Crippen LogP contribution < -0.4 is 4.72 Å². The van der Waals surface area contributed by atoms with Crippen LogP contribution in [0.1, 0.15) is 12.8 Å². The largest absolute Gasteiger partial charge is 0.283 e. The summed E-state index contributed by atoms with van der Waals surface area (Å²) >= 11 is 2.14. The molecule has 1 aromatic rings. The smallest absolute Gasteiger partial charge is 0.235 e. The number of benzene rings is 1. The van der Waals surface area contributed by atoms with Crippen molar-refractivity contribution in [1.29, 1.82) is 0 Å². The minimum absolute atomic E-state index is 0.0503. The third-order valence-electron chi connectivity index (χ3n) is 3.04. The highest BCUT2D eigenvalue weighted by atomic mass is 127. The number of anilines is 1. The van der Waals surface area contributed by atoms with Gasteiger partial charge in [0.2, 0.25) is 10.0 Å². The first-order valence-electron chi connectivity index (χ1n) is 5.76. The van der Waals surface area contributed by atoms with E-state index in [0.717, 1.165) is 3.57 Å². The molecule has 1 aromatic carbocycles. The maximum absolute atomic E-state index is 12.1. The van der Waals surface area contributed by atoms with E-state index in [0.29, 0.717) is 5.69 Å². The van der Waals surface area contributed by atoms with Crippen LogP contribution in [0.5, 0.6) is 0 Å². The summed E-state index contributed by atoms with van der Waals surface area (Å²) in [6.45, 7) is 0. The third-order valence-corrected chi connectivity index (χ3v) is 7.35. The fourth-order valence-electron chi connectivity index (χ4n) is 1.94. The molecule has 0 unspecified atom stereocenters. The lowest BCUT2D eigenvalue weighted by molar-refractivity contribution is 0.555. The second-order valence-electron chi connectivity index (χ2n) is 4.51. The van der Waals surface area contributed by atoms with Crippen molar-refractivity contribution in [3.05, 3.63) is 27.8 Å². The van der Waals surface area contributed by atoms with Crippen molar-refractivity contribution in [3.63, 3.8) is 0 Å². The Hall–Kier alpha value is -0.350. The fourth-order valence-corrected chi connectivity index (χ4v) is 5.58. The molecule has 0 amide bonds. The number of nitrogens with one attached hydrogen (secondary N) is 1. The Labute approximate surface area is 126 Å². The summed E-state index contributed by atoms with van der Waals surface area (Å²) in [6.07, 6.45) is 0.337. The van der Waals surface area contributed by atoms with Gasteiger partial charge < -0.3 is 0 Å². The molecule has 19 heavy (non-hydrogen) atoms. The van der Waals surface area contributed by atoms with Gasteiger partial charge in [-0.15, -0.1) is 0 Å². The van der Waals surface area contributed by atoms with Gasteiger partial charge in [-0.25, -0.2) is 16.8 Å². The van der Waals surface area contributed by atoms with Crippen molar-refractivity contribution in [3.8, 4) is 0 Å². The first kappa shape index (κ1) is 15.0. The van der Waals surface area contributed by atoms with Crippen molar-refractivity contribution in [2.75, 3.05) is 16.2 Å². The monoisotopic (exact) mass is 415 g/mol. The predicted molar refractivity (Wildman–Crippen MR) is 83.4 cm³/mol. The van der Waals surface area contributed by atoms with E-state index in [1.807, 2.05) is 12.1 Å². The van der Waals surface area contributed by atoms with Gasteiger partial charge in [0.25, 0.3) is 0 Å². The molecule has 0 bridgehead atoms. The summed E-state index contributed by atoms with van der Waals surface area (Å²) in [5.41, 5.74) is 0.508. The van der Waals surface area contributed by atoms with Gasteiger partial charge in [0.05, 0.1) is 16.8 Å². The maximum Gasteiger partial charge on any atom is 0.235 e. The Balaban J connectivity index is 2.09. The van der Waals surface area contributed by atoms with E-state index in [1.54, 1.807) is 12.1 Å². The predicted octanol–water partition coefficient (Wildman–Crippen LogP) is 1.61. The highest BCUT2D eigenvalue weighted by Gasteiger charge is 2.32. The zero-order valence-electron chi connectivity index (χ0n) is 10.0. The van der Waals surface area contributed by atoms with Gasteiger partial charge in [0.1, 0.15) is 9.84 Å². The molecule has 0 spiro atoms. The lowest BCUT2D eigenvalue weighted by Crippen LogP contribution is -2.35. The molecule has 1 aliphatic rings. The van der Waals surface area contributed by atoms with Crippen LogP contribution in [0.25, 0.3) is 0 Å². The van der Waals surface area contributed by atoms with Crippen LogP contribution in [-0.2, 0) is 19.9 Å². The molecular formula is C11H14INO4S2. The van der Waals surface area contributed by atoms with Crippen molar-refractivity contribution in [1.82, 2.24) is 0 Å². The van der Waals surface area contributed by atoms with Gasteiger partial charge >= 0.3 is 0 Å². The van der Waals surface area contributed by atoms with Crippen LogP contribution in [0.2, 0.25) is 0 Å². The average Bonchev–Trinajstić information content (AvgIpc) is 2.31. The first-order chi connectivity index (χ1) is 8.78. The molecule has 0 atom stereocenters. The van der Waals surface area contributed by atoms with Gasteiger partial charge in [0, 0.05) is 9.26 Å². The molecule has 106 valence electrons. The average molecular weight is 415 g/mol. The van der Waals surface area contributed by atoms with Crippen molar-refractivity contribution < 1.29 is 16.8 Å². The van der Waals surface area contributed by atoms with E-state index >= 15 is 0 Å². The minimum Gasteiger partial charge on any atom is -0.283 e. The van der Waals surface area contributed by atoms with Crippen molar-refractivity contribution >= 4 is 48.1 Å². The number of halogens is 1. The molecule has 1 saturated heterocycles. The fraction of sp³-hybridized carbons (Fsp3) is 0.455. The molecule has 1 fully saturated rings. The zero-order chi connectivity index (χ0) is 14.1. The first-order valence-corrected chi connectivity index (χ1v) is 10.2. The van der Waals surface area contributed by atoms with Crippen molar-refractivity contribution in [2.45, 2.75) is 18.1 Å². The van der Waals surface area contributed by atoms with Crippen molar-refractivity contribution in [2.24, 2.45) is 0 Å². The van der Waals surface area contributed by atoms with Crippen LogP contribution in [-0.4, -0.2) is 33.6 Å². The van der Waals surface area contributed by atoms with Gasteiger partial charge in [-0.05, 0) is 59.7 Å². The summed E-state index contributed by atoms with van der Waals surface area (Å²) < 4.78 is 50.4. The van der Waals surface area contributed by atoms with E-state index in [1.165, 1.54) is 0 Å². The topological polar surface area (TPSA) is 80.3 Å². The number of hydrogen-bond donors (Lipinski definition) is 1. The van der Waals surface area contributed by atoms with E-state index < -0.39 is 25.1 Å². The number of sulfone groups is 1. The van der Waals surface area contributed by atoms with Crippen LogP contribution in [0.4, 0.5) is 5.69 Å². The Kier molecular flexibility index (Phi) is 4.41. The minimum atomic E-state index is -3.52. The molecule has 1 N–H and O–H groups in total. The summed E-state index contributed by atoms with van der Waals surface area (Å²) in [6, 6.07) is 7.01. The molecule has 0 radical (unpaired) electrons. The molecule has 0 aliphatic carbocycles. The summed E-state index contributed by atoms with van der Waals surface area (Å²) in [4.78, 5) is 0. The van der Waals surface area contributed by atoms with Gasteiger partial charge in [0.15, 0.2) is 0 Å². The molecule has 8 heteroatoms. The normalized spacial score (nSPS) is 20.1. The van der Waals surface area contributed by atoms with Crippen LogP contribution >= 0.6 is 22.6 Å². The summed E-state index contributed by atoms with van der Waals surface area (Å²) in [5, 5.41) is -0.629. The highest BCUT2D eigenvalue weighted by molar-refractivity contribution is 14.1. The second kappa shape index (κ2) is 5.57. The number of sulfonamides is 1. The van der Waals surface area contributed by atoms with Crippen LogP contribution in [0.3, 0.4) is 0 Å². The quantitative estimate of drug-likeness (QED) is 0.761. The summed E-state index contributed by atoms with van der Waals surface area (Å²) in [5.74, 6) is -0.101. The van der Waals surface area contributed by atoms with Gasteiger partial charge in [-0.2, -0.15) is 0 Å². The molecule has 0 aromatic heterocycles. The maximum atomic E-state index is 12.1. The van der Waals surface area contributed by atoms with E-state index in [9.17, 15) is 16.8 Å². The molecular weight excluding hydrogens is 401 g/mol. The zero-order valence-corrected chi connectivity index (χ0v) is 13.8. The van der Waals surface area contributed by atoms with E-state index in [-0.39, 0.29) is 24.3 Å². The standard InChI is InChI=1S/C11H14INO4S2/c12-9-1-3-10(4-2-9)13-19(16,17)11-5-7-18(14,15)8-6-11/h1-4,11,13H,5-8H2. The Morgan fingerprint density at radius 3 is 2.16 bits per heavy atom. The highest BCUT2D eigenvalue weighted by Crippen LogP contribution is 2.22. The molecule has 2 rings (SSSR count). The Morgan fingerprint density at radius 1 is 1.11 bits per heavy atom.